The van der Waals surface area contributed by atoms with Crippen LogP contribution in [0.4, 0.5) is 5.69 Å². The van der Waals surface area contributed by atoms with Crippen molar-refractivity contribution >= 4 is 39.1 Å². The van der Waals surface area contributed by atoms with Gasteiger partial charge in [-0.2, -0.15) is 0 Å². The maximum atomic E-state index is 13.9. The van der Waals surface area contributed by atoms with Crippen molar-refractivity contribution in [1.82, 2.24) is 10.2 Å². The summed E-state index contributed by atoms with van der Waals surface area (Å²) in [5, 5.41) is 3.19. The number of benzene rings is 3. The first-order valence-electron chi connectivity index (χ1n) is 12.1. The van der Waals surface area contributed by atoms with E-state index < -0.39 is 28.5 Å². The summed E-state index contributed by atoms with van der Waals surface area (Å²) in [7, 11) is -2.59. The minimum Gasteiger partial charge on any atom is -0.497 e. The van der Waals surface area contributed by atoms with Gasteiger partial charge in [0.1, 0.15) is 18.3 Å². The van der Waals surface area contributed by atoms with E-state index in [1.54, 1.807) is 82.5 Å². The normalized spacial score (nSPS) is 11.9. The predicted molar refractivity (Wildman–Crippen MR) is 149 cm³/mol. The standard InChI is InChI=1S/C28H32ClN3O5S/c1-5-30-28(34)21(3)31(18-22-10-9-11-24(17-22)37-4)27(33)19-32(26-15-14-23(29)16-20(26)2)38(35,36)25-12-7-6-8-13-25/h6-17,21H,5,18-19H2,1-4H3,(H,30,34). The Hall–Kier alpha value is -3.56. The number of ether oxygens (including phenoxy) is 1. The molecule has 0 radical (unpaired) electrons. The topological polar surface area (TPSA) is 96.0 Å². The van der Waals surface area contributed by atoms with E-state index in [9.17, 15) is 18.0 Å². The number of hydrogen-bond donors (Lipinski definition) is 1. The molecule has 8 nitrogen and oxygen atoms in total. The van der Waals surface area contributed by atoms with Crippen molar-refractivity contribution in [2.24, 2.45) is 0 Å². The molecule has 3 aromatic rings. The number of hydrogen-bond acceptors (Lipinski definition) is 5. The van der Waals surface area contributed by atoms with Gasteiger partial charge in [0.15, 0.2) is 0 Å². The van der Waals surface area contributed by atoms with E-state index in [2.05, 4.69) is 5.32 Å². The molecule has 0 fully saturated rings. The van der Waals surface area contributed by atoms with Crippen LogP contribution in [-0.2, 0) is 26.2 Å². The second kappa shape index (κ2) is 12.8. The highest BCUT2D eigenvalue weighted by Crippen LogP contribution is 2.29. The van der Waals surface area contributed by atoms with Gasteiger partial charge in [-0.3, -0.25) is 13.9 Å². The minimum absolute atomic E-state index is 0.0401. The third kappa shape index (κ3) is 6.85. The summed E-state index contributed by atoms with van der Waals surface area (Å²) in [6.45, 7) is 5.08. The number of rotatable bonds is 11. The molecule has 0 aromatic heterocycles. The van der Waals surface area contributed by atoms with Gasteiger partial charge in [0.25, 0.3) is 10.0 Å². The predicted octanol–water partition coefficient (Wildman–Crippen LogP) is 4.41. The summed E-state index contributed by atoms with van der Waals surface area (Å²) >= 11 is 6.13. The Balaban J connectivity index is 2.06. The summed E-state index contributed by atoms with van der Waals surface area (Å²) in [6, 6.07) is 19.0. The number of carbonyl (C=O) groups is 2. The zero-order valence-corrected chi connectivity index (χ0v) is 23.4. The number of aryl methyl sites for hydroxylation is 1. The Morgan fingerprint density at radius 2 is 1.74 bits per heavy atom. The molecule has 3 rings (SSSR count). The fourth-order valence-corrected chi connectivity index (χ4v) is 5.73. The van der Waals surface area contributed by atoms with E-state index in [1.807, 2.05) is 6.07 Å². The van der Waals surface area contributed by atoms with E-state index in [1.165, 1.54) is 17.0 Å². The van der Waals surface area contributed by atoms with Crippen molar-refractivity contribution in [2.45, 2.75) is 38.3 Å². The average molecular weight is 558 g/mol. The van der Waals surface area contributed by atoms with E-state index in [0.717, 1.165) is 9.87 Å². The molecule has 2 amide bonds. The lowest BCUT2D eigenvalue weighted by Gasteiger charge is -2.32. The molecule has 0 aliphatic heterocycles. The van der Waals surface area contributed by atoms with Crippen molar-refractivity contribution in [3.05, 3.63) is 88.9 Å². The summed E-state index contributed by atoms with van der Waals surface area (Å²) in [5.74, 6) is -0.282. The van der Waals surface area contributed by atoms with Crippen LogP contribution in [0.15, 0.2) is 77.7 Å². The van der Waals surface area contributed by atoms with Crippen LogP contribution in [0.3, 0.4) is 0 Å². The molecule has 0 aliphatic rings. The molecule has 0 saturated heterocycles. The molecule has 0 spiro atoms. The highest BCUT2D eigenvalue weighted by Gasteiger charge is 2.33. The fourth-order valence-electron chi connectivity index (χ4n) is 4.00. The van der Waals surface area contributed by atoms with Crippen LogP contribution >= 0.6 is 11.6 Å². The van der Waals surface area contributed by atoms with Crippen molar-refractivity contribution in [3.63, 3.8) is 0 Å². The average Bonchev–Trinajstić information content (AvgIpc) is 2.91. The number of nitrogens with zero attached hydrogens (tertiary/aromatic N) is 2. The molecule has 3 aromatic carbocycles. The molecule has 202 valence electrons. The van der Waals surface area contributed by atoms with Crippen LogP contribution in [0.25, 0.3) is 0 Å². The van der Waals surface area contributed by atoms with E-state index in [4.69, 9.17) is 16.3 Å². The van der Waals surface area contributed by atoms with Crippen LogP contribution in [-0.4, -0.2) is 51.4 Å². The number of sulfonamides is 1. The Bertz CT molecular complexity index is 1380. The quantitative estimate of drug-likeness (QED) is 0.377. The molecule has 0 saturated carbocycles. The zero-order chi connectivity index (χ0) is 27.9. The Labute approximate surface area is 229 Å². The van der Waals surface area contributed by atoms with Crippen LogP contribution in [0, 0.1) is 6.92 Å². The summed E-state index contributed by atoms with van der Waals surface area (Å²) in [5.41, 5.74) is 1.63. The molecule has 10 heteroatoms. The zero-order valence-electron chi connectivity index (χ0n) is 21.8. The Morgan fingerprint density at radius 3 is 2.37 bits per heavy atom. The van der Waals surface area contributed by atoms with Crippen molar-refractivity contribution in [2.75, 3.05) is 24.5 Å². The maximum Gasteiger partial charge on any atom is 0.264 e. The van der Waals surface area contributed by atoms with Gasteiger partial charge in [-0.1, -0.05) is 41.9 Å². The van der Waals surface area contributed by atoms with Crippen molar-refractivity contribution < 1.29 is 22.7 Å². The lowest BCUT2D eigenvalue weighted by molar-refractivity contribution is -0.139. The van der Waals surface area contributed by atoms with Gasteiger partial charge >= 0.3 is 0 Å². The van der Waals surface area contributed by atoms with Gasteiger partial charge in [0, 0.05) is 18.1 Å². The number of carbonyl (C=O) groups excluding carboxylic acids is 2. The molecule has 0 aliphatic carbocycles. The summed E-state index contributed by atoms with van der Waals surface area (Å²) in [6.07, 6.45) is 0. The van der Waals surface area contributed by atoms with E-state index in [-0.39, 0.29) is 17.3 Å². The molecular weight excluding hydrogens is 526 g/mol. The van der Waals surface area contributed by atoms with Crippen LogP contribution < -0.4 is 14.4 Å². The molecule has 38 heavy (non-hydrogen) atoms. The molecular formula is C28H32ClN3O5S. The smallest absolute Gasteiger partial charge is 0.264 e. The summed E-state index contributed by atoms with van der Waals surface area (Å²) < 4.78 is 34.0. The maximum absolute atomic E-state index is 13.9. The Kier molecular flexibility index (Phi) is 9.77. The first kappa shape index (κ1) is 29.0. The van der Waals surface area contributed by atoms with Gasteiger partial charge in [-0.25, -0.2) is 8.42 Å². The van der Waals surface area contributed by atoms with E-state index in [0.29, 0.717) is 28.6 Å². The SMILES string of the molecule is CCNC(=O)C(C)N(Cc1cccc(OC)c1)C(=O)CN(c1ccc(Cl)cc1C)S(=O)(=O)c1ccccc1. The molecule has 0 heterocycles. The molecule has 1 N–H and O–H groups in total. The van der Waals surface area contributed by atoms with Gasteiger partial charge in [-0.05, 0) is 74.4 Å². The minimum atomic E-state index is -4.14. The van der Waals surface area contributed by atoms with Gasteiger partial charge in [0.05, 0.1) is 17.7 Å². The highest BCUT2D eigenvalue weighted by atomic mass is 35.5. The Morgan fingerprint density at radius 1 is 1.03 bits per heavy atom. The highest BCUT2D eigenvalue weighted by molar-refractivity contribution is 7.92. The number of halogens is 1. The van der Waals surface area contributed by atoms with Crippen LogP contribution in [0.1, 0.15) is 25.0 Å². The molecule has 0 bridgehead atoms. The van der Waals surface area contributed by atoms with Crippen LogP contribution in [0.2, 0.25) is 5.02 Å². The lowest BCUT2D eigenvalue weighted by atomic mass is 10.1. The second-order valence-electron chi connectivity index (χ2n) is 8.70. The number of nitrogens with one attached hydrogen (secondary N) is 1. The van der Waals surface area contributed by atoms with Crippen LogP contribution in [0.5, 0.6) is 5.75 Å². The largest absolute Gasteiger partial charge is 0.497 e. The lowest BCUT2D eigenvalue weighted by Crippen LogP contribution is -2.51. The second-order valence-corrected chi connectivity index (χ2v) is 11.0. The number of anilines is 1. The number of methoxy groups -OCH3 is 1. The molecule has 1 atom stereocenters. The van der Waals surface area contributed by atoms with Gasteiger partial charge in [-0.15, -0.1) is 0 Å². The number of likely N-dealkylation sites (N-methyl/N-ethyl adjacent to an activating group) is 1. The number of amides is 2. The van der Waals surface area contributed by atoms with Crippen molar-refractivity contribution in [1.29, 1.82) is 0 Å². The van der Waals surface area contributed by atoms with Gasteiger partial charge in [0.2, 0.25) is 11.8 Å². The third-order valence-electron chi connectivity index (χ3n) is 6.04. The van der Waals surface area contributed by atoms with E-state index >= 15 is 0 Å². The van der Waals surface area contributed by atoms with Crippen molar-refractivity contribution in [3.8, 4) is 5.75 Å². The first-order chi connectivity index (χ1) is 18.1. The monoisotopic (exact) mass is 557 g/mol. The molecule has 1 unspecified atom stereocenters. The first-order valence-corrected chi connectivity index (χ1v) is 13.9. The van der Waals surface area contributed by atoms with Gasteiger partial charge < -0.3 is 15.0 Å². The third-order valence-corrected chi connectivity index (χ3v) is 8.05. The fraction of sp³-hybridized carbons (Fsp3) is 0.286. The summed E-state index contributed by atoms with van der Waals surface area (Å²) in [4.78, 5) is 28.1.